The summed E-state index contributed by atoms with van der Waals surface area (Å²) in [4.78, 5) is 8.16. The van der Waals surface area contributed by atoms with E-state index in [2.05, 4.69) is 4.98 Å². The van der Waals surface area contributed by atoms with Crippen LogP contribution in [0, 0.1) is 0 Å². The minimum absolute atomic E-state index is 0.0697. The first-order valence-corrected chi connectivity index (χ1v) is 4.22. The number of hydrogen-bond donors (Lipinski definition) is 4. The quantitative estimate of drug-likeness (QED) is 0.534. The molecule has 0 saturated carbocycles. The maximum atomic E-state index is 8.63. The monoisotopic (exact) mass is 196 g/mol. The number of H-pyrrole nitrogens is 1. The van der Waals surface area contributed by atoms with Gasteiger partial charge < -0.3 is 26.4 Å². The minimum atomic E-state index is -0.0697. The molecule has 6 nitrogen and oxygen atoms in total. The minimum Gasteiger partial charge on any atom is -0.408 e. The summed E-state index contributed by atoms with van der Waals surface area (Å²) in [5.74, 6) is 0.348. The number of aromatic nitrogens is 2. The van der Waals surface area contributed by atoms with E-state index in [-0.39, 0.29) is 13.2 Å². The van der Waals surface area contributed by atoms with Crippen LogP contribution in [0.4, 0.5) is 11.5 Å². The Morgan fingerprint density at radius 2 is 2.29 bits per heavy atom. The summed E-state index contributed by atoms with van der Waals surface area (Å²) in [6, 6.07) is 1.82. The second kappa shape index (κ2) is 3.15. The molecule has 0 bridgehead atoms. The summed E-state index contributed by atoms with van der Waals surface area (Å²) < 4.78 is 1.39. The van der Waals surface area contributed by atoms with Crippen molar-refractivity contribution in [3.8, 4) is 0 Å². The fraction of sp³-hybridized carbons (Fsp3) is 0.250. The van der Waals surface area contributed by atoms with Gasteiger partial charge in [-0.15, -0.1) is 4.73 Å². The molecule has 0 amide bonds. The number of fused-ring (bicyclic) bond motifs is 1. The largest absolute Gasteiger partial charge is 0.408 e. The molecule has 0 aliphatic rings. The Kier molecular flexibility index (Phi) is 1.97. The third kappa shape index (κ3) is 1.08. The van der Waals surface area contributed by atoms with Gasteiger partial charge in [0.1, 0.15) is 6.61 Å². The van der Waals surface area contributed by atoms with Crippen LogP contribution in [0.25, 0.3) is 11.0 Å². The molecule has 2 heterocycles. The van der Waals surface area contributed by atoms with Crippen molar-refractivity contribution in [2.24, 2.45) is 0 Å². The van der Waals surface area contributed by atoms with Gasteiger partial charge in [0.15, 0.2) is 11.5 Å². The van der Waals surface area contributed by atoms with Gasteiger partial charge in [-0.3, -0.25) is 0 Å². The second-order valence-electron chi connectivity index (χ2n) is 2.89. The summed E-state index contributed by atoms with van der Waals surface area (Å²) in [6.45, 7) is 0.103. The molecular weight excluding hydrogens is 184 g/mol. The maximum absolute atomic E-state index is 8.63. The van der Waals surface area contributed by atoms with Crippen molar-refractivity contribution in [1.29, 1.82) is 0 Å². The van der Waals surface area contributed by atoms with E-state index >= 15 is 0 Å². The Hall–Kier alpha value is -1.82. The number of nitrogens with zero attached hydrogens (tertiary/aromatic N) is 1. The first-order valence-electron chi connectivity index (χ1n) is 4.22. The van der Waals surface area contributed by atoms with Crippen molar-refractivity contribution in [3.05, 3.63) is 12.3 Å². The highest BCUT2D eigenvalue weighted by atomic mass is 16.7. The molecule has 6 N–H and O–H groups in total. The summed E-state index contributed by atoms with van der Waals surface area (Å²) in [5, 5.41) is 9.45. The van der Waals surface area contributed by atoms with Gasteiger partial charge in [-0.1, -0.05) is 0 Å². The second-order valence-corrected chi connectivity index (χ2v) is 2.89. The van der Waals surface area contributed by atoms with Crippen LogP contribution in [-0.2, 0) is 0 Å². The zero-order chi connectivity index (χ0) is 10.1. The summed E-state index contributed by atoms with van der Waals surface area (Å²) in [6.07, 6.45) is 1.75. The Balaban J connectivity index is 2.50. The van der Waals surface area contributed by atoms with Crippen LogP contribution < -0.4 is 16.3 Å². The van der Waals surface area contributed by atoms with Crippen LogP contribution in [0.2, 0.25) is 0 Å². The molecule has 76 valence electrons. The van der Waals surface area contributed by atoms with Gasteiger partial charge >= 0.3 is 0 Å². The Morgan fingerprint density at radius 3 is 3.00 bits per heavy atom. The van der Waals surface area contributed by atoms with Crippen molar-refractivity contribution in [3.63, 3.8) is 0 Å². The fourth-order valence-electron chi connectivity index (χ4n) is 1.38. The number of nitrogens with two attached hydrogens (primary N) is 2. The highest BCUT2D eigenvalue weighted by molar-refractivity contribution is 5.96. The molecule has 0 spiro atoms. The topological polar surface area (TPSA) is 102 Å². The van der Waals surface area contributed by atoms with Gasteiger partial charge in [0.25, 0.3) is 0 Å². The van der Waals surface area contributed by atoms with Crippen LogP contribution in [0.15, 0.2) is 12.3 Å². The maximum Gasteiger partial charge on any atom is 0.166 e. The van der Waals surface area contributed by atoms with Crippen molar-refractivity contribution in [2.45, 2.75) is 0 Å². The lowest BCUT2D eigenvalue weighted by Crippen LogP contribution is -2.17. The Bertz CT molecular complexity index is 445. The molecule has 2 rings (SSSR count). The number of aliphatic hydroxyl groups excluding tert-OH is 1. The predicted octanol–water partition coefficient (Wildman–Crippen LogP) is -0.445. The molecule has 0 saturated heterocycles. The highest BCUT2D eigenvalue weighted by Gasteiger charge is 2.13. The van der Waals surface area contributed by atoms with Crippen molar-refractivity contribution >= 4 is 22.5 Å². The SMILES string of the molecule is Nc1c(N)n(OCCO)c2[nH]ccc12. The standard InChI is InChI=1S/C8H12N4O2/c9-6-5-1-2-11-8(5)12(7(6)10)14-4-3-13/h1-2,11,13H,3-4,9-10H2. The zero-order valence-electron chi connectivity index (χ0n) is 7.53. The van der Waals surface area contributed by atoms with E-state index in [4.69, 9.17) is 21.4 Å². The average molecular weight is 196 g/mol. The first kappa shape index (κ1) is 8.76. The first-order chi connectivity index (χ1) is 6.75. The molecular formula is C8H12N4O2. The lowest BCUT2D eigenvalue weighted by atomic mass is 10.3. The Labute approximate surface area is 80.0 Å². The van der Waals surface area contributed by atoms with Gasteiger partial charge in [0.2, 0.25) is 0 Å². The Morgan fingerprint density at radius 1 is 1.50 bits per heavy atom. The molecule has 0 unspecified atom stereocenters. The van der Waals surface area contributed by atoms with Crippen molar-refractivity contribution in [1.82, 2.24) is 9.71 Å². The molecule has 2 aromatic heterocycles. The van der Waals surface area contributed by atoms with Gasteiger partial charge in [0, 0.05) is 11.6 Å². The summed E-state index contributed by atoms with van der Waals surface area (Å²) in [7, 11) is 0. The van der Waals surface area contributed by atoms with E-state index < -0.39 is 0 Å². The van der Waals surface area contributed by atoms with E-state index in [9.17, 15) is 0 Å². The molecule has 6 heteroatoms. The van der Waals surface area contributed by atoms with Crippen molar-refractivity contribution in [2.75, 3.05) is 24.7 Å². The van der Waals surface area contributed by atoms with E-state index in [0.717, 1.165) is 5.39 Å². The molecule has 0 aliphatic heterocycles. The smallest absolute Gasteiger partial charge is 0.166 e. The molecule has 0 atom stereocenters. The van der Waals surface area contributed by atoms with E-state index in [1.807, 2.05) is 6.07 Å². The zero-order valence-corrected chi connectivity index (χ0v) is 7.53. The van der Waals surface area contributed by atoms with Crippen LogP contribution in [0.5, 0.6) is 0 Å². The van der Waals surface area contributed by atoms with Gasteiger partial charge in [-0.25, -0.2) is 0 Å². The van der Waals surface area contributed by atoms with Crippen LogP contribution in [0.1, 0.15) is 0 Å². The average Bonchev–Trinajstić information content (AvgIpc) is 2.72. The van der Waals surface area contributed by atoms with Gasteiger partial charge in [0.05, 0.1) is 12.3 Å². The lowest BCUT2D eigenvalue weighted by molar-refractivity contribution is 0.0859. The molecule has 2 aromatic rings. The number of aromatic amines is 1. The predicted molar refractivity (Wildman–Crippen MR) is 53.6 cm³/mol. The van der Waals surface area contributed by atoms with Crippen LogP contribution in [-0.4, -0.2) is 28.0 Å². The molecule has 14 heavy (non-hydrogen) atoms. The van der Waals surface area contributed by atoms with Crippen LogP contribution >= 0.6 is 0 Å². The van der Waals surface area contributed by atoms with Crippen LogP contribution in [0.3, 0.4) is 0 Å². The van der Waals surface area contributed by atoms with Crippen molar-refractivity contribution < 1.29 is 9.94 Å². The molecule has 0 aliphatic carbocycles. The van der Waals surface area contributed by atoms with E-state index in [0.29, 0.717) is 17.2 Å². The van der Waals surface area contributed by atoms with E-state index in [1.165, 1.54) is 4.73 Å². The lowest BCUT2D eigenvalue weighted by Gasteiger charge is -2.07. The third-order valence-electron chi connectivity index (χ3n) is 2.02. The number of hydrogen-bond acceptors (Lipinski definition) is 4. The number of aliphatic hydroxyl groups is 1. The van der Waals surface area contributed by atoms with E-state index in [1.54, 1.807) is 6.20 Å². The molecule has 0 aromatic carbocycles. The third-order valence-corrected chi connectivity index (χ3v) is 2.02. The molecule has 0 fully saturated rings. The van der Waals surface area contributed by atoms with Gasteiger partial charge in [-0.05, 0) is 6.07 Å². The molecule has 0 radical (unpaired) electrons. The number of anilines is 2. The fourth-order valence-corrected chi connectivity index (χ4v) is 1.38. The number of nitrogen functional groups attached to an aromatic ring is 2. The number of nitrogens with one attached hydrogen (secondary N) is 1. The van der Waals surface area contributed by atoms with Gasteiger partial charge in [-0.2, -0.15) is 0 Å². The summed E-state index contributed by atoms with van der Waals surface area (Å²) in [5.41, 5.74) is 12.6. The highest BCUT2D eigenvalue weighted by Crippen LogP contribution is 2.28. The number of rotatable bonds is 3. The normalized spacial score (nSPS) is 10.9. The summed E-state index contributed by atoms with van der Waals surface area (Å²) >= 11 is 0.